The van der Waals surface area contributed by atoms with Crippen molar-refractivity contribution >= 4 is 17.0 Å². The highest BCUT2D eigenvalue weighted by Crippen LogP contribution is 2.60. The van der Waals surface area contributed by atoms with Gasteiger partial charge in [-0.15, -0.1) is 0 Å². The predicted octanol–water partition coefficient (Wildman–Crippen LogP) is 3.63. The molecule has 4 nitrogen and oxygen atoms in total. The third-order valence-electron chi connectivity index (χ3n) is 5.97. The highest BCUT2D eigenvalue weighted by molar-refractivity contribution is 7.80. The normalized spacial score (nSPS) is 35.6. The van der Waals surface area contributed by atoms with Crippen molar-refractivity contribution in [2.24, 2.45) is 23.2 Å². The number of hydrogen-bond donors (Lipinski definition) is 0. The molecule has 4 bridgehead atoms. The van der Waals surface area contributed by atoms with Gasteiger partial charge in [-0.25, -0.2) is 0 Å². The average Bonchev–Trinajstić information content (AvgIpc) is 2.49. The molecule has 0 heterocycles. The van der Waals surface area contributed by atoms with Crippen LogP contribution in [0.25, 0.3) is 0 Å². The molecule has 0 aromatic heterocycles. The van der Waals surface area contributed by atoms with Gasteiger partial charge < -0.3 is 9.29 Å². The Hall–Kier alpha value is -0.700. The quantitative estimate of drug-likeness (QED) is 0.290. The first-order valence-corrected chi connectivity index (χ1v) is 9.65. The second kappa shape index (κ2) is 6.48. The summed E-state index contributed by atoms with van der Waals surface area (Å²) in [4.78, 5) is 12.5. The summed E-state index contributed by atoms with van der Waals surface area (Å²) in [6, 6.07) is 0. The van der Waals surface area contributed by atoms with E-state index < -0.39 is 53.1 Å². The first kappa shape index (κ1) is 19.1. The fourth-order valence-electron chi connectivity index (χ4n) is 5.24. The second-order valence-electron chi connectivity index (χ2n) is 7.89. The van der Waals surface area contributed by atoms with Crippen molar-refractivity contribution in [1.82, 2.24) is 0 Å². The number of ether oxygens (including phenoxy) is 1. The van der Waals surface area contributed by atoms with Gasteiger partial charge in [0.25, 0.3) is 0 Å². The number of esters is 1. The molecule has 0 aromatic rings. The summed E-state index contributed by atoms with van der Waals surface area (Å²) in [6.07, 6.45) is 3.84. The van der Waals surface area contributed by atoms with Gasteiger partial charge in [0.05, 0.1) is 12.0 Å². The Morgan fingerprint density at radius 2 is 1.56 bits per heavy atom. The van der Waals surface area contributed by atoms with E-state index in [0.29, 0.717) is 17.8 Å². The first-order chi connectivity index (χ1) is 11.6. The zero-order chi connectivity index (χ0) is 18.5. The number of hydrogen-bond acceptors (Lipinski definition) is 4. The zero-order valence-corrected chi connectivity index (χ0v) is 14.5. The lowest BCUT2D eigenvalue weighted by Crippen LogP contribution is -2.50. The van der Waals surface area contributed by atoms with E-state index in [0.717, 1.165) is 38.5 Å². The molecule has 4 aliphatic carbocycles. The first-order valence-electron chi connectivity index (χ1n) is 8.58. The van der Waals surface area contributed by atoms with E-state index in [2.05, 4.69) is 0 Å². The topological polar surface area (TPSA) is 66.4 Å². The molecule has 1 unspecified atom stereocenters. The van der Waals surface area contributed by atoms with Crippen LogP contribution in [0.1, 0.15) is 51.4 Å². The molecule has 0 spiro atoms. The van der Waals surface area contributed by atoms with E-state index in [1.165, 1.54) is 0 Å². The fourth-order valence-corrected chi connectivity index (χ4v) is 5.59. The Morgan fingerprint density at radius 1 is 1.08 bits per heavy atom. The molecule has 0 saturated heterocycles. The van der Waals surface area contributed by atoms with Crippen LogP contribution in [-0.4, -0.2) is 32.5 Å². The van der Waals surface area contributed by atoms with Crippen LogP contribution in [0.4, 0.5) is 17.6 Å². The monoisotopic (exact) mass is 385 g/mol. The molecule has 0 aromatic carbocycles. The molecule has 0 radical (unpaired) electrons. The Bertz CT molecular complexity index is 531. The van der Waals surface area contributed by atoms with Gasteiger partial charge in [-0.3, -0.25) is 9.00 Å². The summed E-state index contributed by atoms with van der Waals surface area (Å²) in [5.74, 6) is -3.53. The van der Waals surface area contributed by atoms with Crippen LogP contribution >= 0.6 is 0 Å². The van der Waals surface area contributed by atoms with Crippen molar-refractivity contribution in [3.8, 4) is 0 Å². The molecular weight excluding hydrogens is 364 g/mol. The van der Waals surface area contributed by atoms with Gasteiger partial charge in [-0.2, -0.15) is 17.6 Å². The Balaban J connectivity index is 1.50. The third kappa shape index (κ3) is 3.46. The zero-order valence-electron chi connectivity index (χ0n) is 13.6. The van der Waals surface area contributed by atoms with Crippen molar-refractivity contribution in [3.05, 3.63) is 0 Å². The maximum absolute atomic E-state index is 13.3. The minimum absolute atomic E-state index is 0.405. The molecule has 144 valence electrons. The van der Waals surface area contributed by atoms with E-state index in [1.807, 2.05) is 0 Å². The lowest BCUT2D eigenvalue weighted by atomic mass is 9.49. The Kier molecular flexibility index (Phi) is 4.94. The standard InChI is InChI=1S/C16H22F4O4S/c17-15(18,16(19,20)25(22)23)2-1-3-24-13(21)14-7-10-4-11(8-14)6-12(5-10)9-14/h10-12H,1-9H2,(H,22,23)/p-1. The van der Waals surface area contributed by atoms with E-state index in [-0.39, 0.29) is 0 Å². The van der Waals surface area contributed by atoms with Crippen molar-refractivity contribution in [2.75, 3.05) is 6.61 Å². The van der Waals surface area contributed by atoms with Crippen LogP contribution in [0, 0.1) is 23.2 Å². The minimum Gasteiger partial charge on any atom is -0.768 e. The van der Waals surface area contributed by atoms with E-state index in [4.69, 9.17) is 4.74 Å². The average molecular weight is 385 g/mol. The second-order valence-corrected chi connectivity index (χ2v) is 8.88. The van der Waals surface area contributed by atoms with E-state index in [1.54, 1.807) is 0 Å². The van der Waals surface area contributed by atoms with Crippen molar-refractivity contribution in [3.63, 3.8) is 0 Å². The van der Waals surface area contributed by atoms with Gasteiger partial charge in [0.15, 0.2) is 0 Å². The van der Waals surface area contributed by atoms with Gasteiger partial charge in [-0.05, 0) is 62.7 Å². The van der Waals surface area contributed by atoms with Crippen LogP contribution in [-0.2, 0) is 20.6 Å². The molecule has 9 heteroatoms. The predicted molar refractivity (Wildman–Crippen MR) is 79.6 cm³/mol. The lowest BCUT2D eigenvalue weighted by molar-refractivity contribution is -0.176. The van der Waals surface area contributed by atoms with Gasteiger partial charge in [0, 0.05) is 17.5 Å². The summed E-state index contributed by atoms with van der Waals surface area (Å²) in [6.45, 7) is -0.405. The summed E-state index contributed by atoms with van der Waals surface area (Å²) in [5.41, 5.74) is -0.530. The fraction of sp³-hybridized carbons (Fsp3) is 0.938. The smallest absolute Gasteiger partial charge is 0.371 e. The summed E-state index contributed by atoms with van der Waals surface area (Å²) >= 11 is -4.21. The van der Waals surface area contributed by atoms with Crippen LogP contribution in [0.2, 0.25) is 0 Å². The number of rotatable bonds is 7. The number of carbonyl (C=O) groups is 1. The largest absolute Gasteiger partial charge is 0.768 e. The molecule has 1 atom stereocenters. The maximum atomic E-state index is 13.3. The van der Waals surface area contributed by atoms with Crippen LogP contribution in [0.3, 0.4) is 0 Å². The van der Waals surface area contributed by atoms with Crippen molar-refractivity contribution < 1.29 is 35.9 Å². The molecular formula is C16H21F4O4S-. The van der Waals surface area contributed by atoms with Crippen LogP contribution in [0.15, 0.2) is 0 Å². The molecule has 4 aliphatic rings. The molecule has 0 aliphatic heterocycles. The molecule has 25 heavy (non-hydrogen) atoms. The summed E-state index contributed by atoms with van der Waals surface area (Å²) in [5, 5.41) is -5.13. The Morgan fingerprint density at radius 3 is 2.00 bits per heavy atom. The molecule has 0 N–H and O–H groups in total. The Labute approximate surface area is 146 Å². The lowest BCUT2D eigenvalue weighted by Gasteiger charge is -2.55. The van der Waals surface area contributed by atoms with Crippen molar-refractivity contribution in [2.45, 2.75) is 62.5 Å². The number of carbonyl (C=O) groups excluding carboxylic acids is 1. The summed E-state index contributed by atoms with van der Waals surface area (Å²) in [7, 11) is 0. The van der Waals surface area contributed by atoms with Gasteiger partial charge in [0.1, 0.15) is 0 Å². The SMILES string of the molecule is O=C(OCCCC(F)(F)C(F)(F)S(=O)[O-])C12CC3CC(CC(C3)C1)C2. The van der Waals surface area contributed by atoms with Crippen molar-refractivity contribution in [1.29, 1.82) is 0 Å². The minimum atomic E-state index is -5.13. The molecule has 0 amide bonds. The maximum Gasteiger partial charge on any atom is 0.371 e. The van der Waals surface area contributed by atoms with Crippen LogP contribution < -0.4 is 0 Å². The number of alkyl halides is 4. The molecule has 4 rings (SSSR count). The number of halogens is 4. The van der Waals surface area contributed by atoms with E-state index in [9.17, 15) is 31.1 Å². The van der Waals surface area contributed by atoms with Gasteiger partial charge >= 0.3 is 17.1 Å². The highest BCUT2D eigenvalue weighted by atomic mass is 32.2. The highest BCUT2D eigenvalue weighted by Gasteiger charge is 2.57. The van der Waals surface area contributed by atoms with E-state index >= 15 is 0 Å². The third-order valence-corrected chi connectivity index (χ3v) is 6.69. The van der Waals surface area contributed by atoms with Crippen LogP contribution in [0.5, 0.6) is 0 Å². The molecule has 4 saturated carbocycles. The van der Waals surface area contributed by atoms with Gasteiger partial charge in [-0.1, -0.05) is 0 Å². The molecule has 4 fully saturated rings. The van der Waals surface area contributed by atoms with Gasteiger partial charge in [0.2, 0.25) is 0 Å². The summed E-state index contributed by atoms with van der Waals surface area (Å²) < 4.78 is 78.1.